The van der Waals surface area contributed by atoms with Gasteiger partial charge in [0.15, 0.2) is 0 Å². The van der Waals surface area contributed by atoms with Gasteiger partial charge in [0.1, 0.15) is 0 Å². The lowest BCUT2D eigenvalue weighted by molar-refractivity contribution is 0.967. The molecule has 272 valence electrons. The molecule has 0 saturated carbocycles. The predicted octanol–water partition coefficient (Wildman–Crippen LogP) is 15.8. The molecule has 4 aromatic heterocycles. The Balaban J connectivity index is 1.07. The van der Waals surface area contributed by atoms with Gasteiger partial charge in [0, 0.05) is 79.1 Å². The van der Waals surface area contributed by atoms with Gasteiger partial charge >= 0.3 is 0 Å². The second kappa shape index (κ2) is 12.4. The molecular formula is C54H34N2S2. The number of fused-ring (bicyclic) bond motifs is 12. The van der Waals surface area contributed by atoms with Gasteiger partial charge in [-0.25, -0.2) is 0 Å². The molecule has 0 fully saturated rings. The second-order valence-electron chi connectivity index (χ2n) is 15.5. The van der Waals surface area contributed by atoms with E-state index in [1.54, 1.807) is 0 Å². The number of thiophene rings is 2. The topological polar surface area (TPSA) is 9.86 Å². The molecule has 0 saturated heterocycles. The summed E-state index contributed by atoms with van der Waals surface area (Å²) in [5.74, 6) is 0. The van der Waals surface area contributed by atoms with Crippen LogP contribution in [0.25, 0.3) is 113 Å². The van der Waals surface area contributed by atoms with E-state index in [1.165, 1.54) is 118 Å². The molecule has 1 aliphatic carbocycles. The lowest BCUT2D eigenvalue weighted by Gasteiger charge is -2.13. The molecule has 0 spiro atoms. The Labute approximate surface area is 342 Å². The summed E-state index contributed by atoms with van der Waals surface area (Å²) in [5.41, 5.74) is 13.8. The minimum atomic E-state index is 1.06. The highest BCUT2D eigenvalue weighted by molar-refractivity contribution is 7.26. The number of aromatic nitrogens is 2. The van der Waals surface area contributed by atoms with E-state index < -0.39 is 0 Å². The van der Waals surface area contributed by atoms with Gasteiger partial charge in [0.05, 0.1) is 16.6 Å². The van der Waals surface area contributed by atoms with Gasteiger partial charge in [0.2, 0.25) is 0 Å². The van der Waals surface area contributed by atoms with E-state index in [9.17, 15) is 0 Å². The number of rotatable bonds is 4. The van der Waals surface area contributed by atoms with Crippen molar-refractivity contribution in [1.29, 1.82) is 0 Å². The number of hydrogen-bond acceptors (Lipinski definition) is 2. The van der Waals surface area contributed by atoms with Crippen LogP contribution in [0.4, 0.5) is 0 Å². The van der Waals surface area contributed by atoms with Crippen molar-refractivity contribution in [3.05, 3.63) is 187 Å². The number of aryl methyl sites for hydroxylation is 1. The van der Waals surface area contributed by atoms with Crippen LogP contribution < -0.4 is 0 Å². The molecular weight excluding hydrogens is 741 g/mol. The Hall–Kier alpha value is -6.72. The molecule has 1 aliphatic rings. The van der Waals surface area contributed by atoms with Crippen LogP contribution in [0.15, 0.2) is 176 Å². The molecule has 0 amide bonds. The van der Waals surface area contributed by atoms with Crippen LogP contribution in [0, 0.1) is 0 Å². The lowest BCUT2D eigenvalue weighted by atomic mass is 9.96. The largest absolute Gasteiger partial charge is 0.310 e. The van der Waals surface area contributed by atoms with E-state index in [0.29, 0.717) is 0 Å². The van der Waals surface area contributed by atoms with Crippen molar-refractivity contribution in [2.75, 3.05) is 0 Å². The molecule has 0 unspecified atom stereocenters. The molecule has 0 bridgehead atoms. The normalized spacial score (nSPS) is 13.0. The molecule has 0 atom stereocenters. The maximum Gasteiger partial charge on any atom is 0.0547 e. The maximum atomic E-state index is 2.51. The monoisotopic (exact) mass is 774 g/mol. The number of nitrogens with zero attached hydrogens (tertiary/aromatic N) is 2. The predicted molar refractivity (Wildman–Crippen MR) is 252 cm³/mol. The first-order chi connectivity index (χ1) is 28.8. The van der Waals surface area contributed by atoms with E-state index in [4.69, 9.17) is 0 Å². The Morgan fingerprint density at radius 3 is 2.00 bits per heavy atom. The van der Waals surface area contributed by atoms with E-state index in [2.05, 4.69) is 191 Å². The lowest BCUT2D eigenvalue weighted by Crippen LogP contribution is -1.99. The van der Waals surface area contributed by atoms with Gasteiger partial charge in [-0.05, 0) is 108 Å². The molecule has 58 heavy (non-hydrogen) atoms. The number of para-hydroxylation sites is 2. The molecule has 0 radical (unpaired) electrons. The Kier molecular flexibility index (Phi) is 6.91. The smallest absolute Gasteiger partial charge is 0.0547 e. The highest BCUT2D eigenvalue weighted by atomic mass is 32.1. The van der Waals surface area contributed by atoms with Gasteiger partial charge < -0.3 is 9.13 Å². The summed E-state index contributed by atoms with van der Waals surface area (Å²) in [6, 6.07) is 63.5. The van der Waals surface area contributed by atoms with Crippen molar-refractivity contribution in [2.45, 2.75) is 12.8 Å². The van der Waals surface area contributed by atoms with Crippen LogP contribution in [-0.2, 0) is 6.42 Å². The summed E-state index contributed by atoms with van der Waals surface area (Å²) in [4.78, 5) is 0. The third-order valence-corrected chi connectivity index (χ3v) is 14.8. The van der Waals surface area contributed by atoms with Crippen molar-refractivity contribution in [3.63, 3.8) is 0 Å². The van der Waals surface area contributed by atoms with Crippen molar-refractivity contribution < 1.29 is 0 Å². The standard InChI is InChI=1S/C54H34N2S2/c1-2-13-35(14-3-1)55-46-20-8-4-15-38(46)39-27-25-34(30-49(39)55)37-19-12-22-48-53(37)42-18-5-9-21-47(42)56(48)36-31-43(54-45(32-36)41-17-7-11-24-51(41)58-54)33-26-28-52-44(29-33)40-16-6-10-23-50(40)57-52/h1-3,5-14,16-32H,4,15H2. The highest BCUT2D eigenvalue weighted by Gasteiger charge is 2.22. The summed E-state index contributed by atoms with van der Waals surface area (Å²) >= 11 is 3.78. The zero-order valence-corrected chi connectivity index (χ0v) is 33.1. The second-order valence-corrected chi connectivity index (χ2v) is 17.7. The fourth-order valence-electron chi connectivity index (χ4n) is 9.84. The van der Waals surface area contributed by atoms with Crippen LogP contribution in [0.5, 0.6) is 0 Å². The fraction of sp³-hybridized carbons (Fsp3) is 0.0370. The van der Waals surface area contributed by atoms with Crippen molar-refractivity contribution >= 4 is 102 Å². The van der Waals surface area contributed by atoms with Gasteiger partial charge in [-0.2, -0.15) is 0 Å². The van der Waals surface area contributed by atoms with Crippen LogP contribution in [0.3, 0.4) is 0 Å². The van der Waals surface area contributed by atoms with Crippen molar-refractivity contribution in [2.24, 2.45) is 0 Å². The molecule has 4 heterocycles. The van der Waals surface area contributed by atoms with Crippen molar-refractivity contribution in [3.8, 4) is 33.6 Å². The Bertz CT molecular complexity index is 3680. The van der Waals surface area contributed by atoms with E-state index in [0.717, 1.165) is 12.8 Å². The summed E-state index contributed by atoms with van der Waals surface area (Å²) in [6.07, 6.45) is 6.78. The molecule has 2 nitrogen and oxygen atoms in total. The molecule has 0 aliphatic heterocycles. The first-order valence-electron chi connectivity index (χ1n) is 20.1. The van der Waals surface area contributed by atoms with Gasteiger partial charge in [-0.1, -0.05) is 109 Å². The SMILES string of the molecule is C1=Cc2c(c3ccc(-c4cccc5c4c4ccccc4n5-c4cc(-c5ccc6sc7ccccc7c6c5)c5sc6ccccc6c5c4)cc3n2-c2ccccc2)CC1. The molecule has 8 aromatic carbocycles. The minimum Gasteiger partial charge on any atom is -0.310 e. The average Bonchev–Trinajstić information content (AvgIpc) is 4.03. The van der Waals surface area contributed by atoms with Gasteiger partial charge in [-0.15, -0.1) is 22.7 Å². The summed E-state index contributed by atoms with van der Waals surface area (Å²) < 4.78 is 10.3. The Morgan fingerprint density at radius 2 is 1.12 bits per heavy atom. The van der Waals surface area contributed by atoms with Crippen LogP contribution in [-0.4, -0.2) is 9.13 Å². The fourth-order valence-corrected chi connectivity index (χ4v) is 12.2. The van der Waals surface area contributed by atoms with Gasteiger partial charge in [-0.3, -0.25) is 0 Å². The highest BCUT2D eigenvalue weighted by Crippen LogP contribution is 2.46. The molecule has 4 heteroatoms. The van der Waals surface area contributed by atoms with Crippen LogP contribution in [0.2, 0.25) is 0 Å². The molecule has 0 N–H and O–H groups in total. The van der Waals surface area contributed by atoms with Crippen LogP contribution >= 0.6 is 22.7 Å². The zero-order chi connectivity index (χ0) is 37.9. The minimum absolute atomic E-state index is 1.06. The van der Waals surface area contributed by atoms with E-state index in [-0.39, 0.29) is 0 Å². The zero-order valence-electron chi connectivity index (χ0n) is 31.4. The molecule has 13 rings (SSSR count). The quantitative estimate of drug-likeness (QED) is 0.169. The summed E-state index contributed by atoms with van der Waals surface area (Å²) in [7, 11) is 0. The van der Waals surface area contributed by atoms with Gasteiger partial charge in [0.25, 0.3) is 0 Å². The van der Waals surface area contributed by atoms with E-state index >= 15 is 0 Å². The third kappa shape index (κ3) is 4.64. The first kappa shape index (κ1) is 32.4. The van der Waals surface area contributed by atoms with Crippen LogP contribution in [0.1, 0.15) is 17.7 Å². The van der Waals surface area contributed by atoms with E-state index in [1.807, 2.05) is 22.7 Å². The number of benzene rings is 8. The number of hydrogen-bond donors (Lipinski definition) is 0. The molecule has 12 aromatic rings. The maximum absolute atomic E-state index is 2.51. The first-order valence-corrected chi connectivity index (χ1v) is 21.7. The third-order valence-electron chi connectivity index (χ3n) is 12.4. The van der Waals surface area contributed by atoms with Crippen molar-refractivity contribution in [1.82, 2.24) is 9.13 Å². The summed E-state index contributed by atoms with van der Waals surface area (Å²) in [5, 5.41) is 9.15. The number of allylic oxidation sites excluding steroid dienone is 1. The Morgan fingerprint density at radius 1 is 0.414 bits per heavy atom. The average molecular weight is 775 g/mol. The summed E-state index contributed by atoms with van der Waals surface area (Å²) in [6.45, 7) is 0.